The van der Waals surface area contributed by atoms with Gasteiger partial charge in [-0.2, -0.15) is 0 Å². The predicted molar refractivity (Wildman–Crippen MR) is 63.0 cm³/mol. The average molecular weight is 305 g/mol. The van der Waals surface area contributed by atoms with Crippen LogP contribution in [0.25, 0.3) is 0 Å². The van der Waals surface area contributed by atoms with Crippen LogP contribution in [0.4, 0.5) is 4.79 Å². The maximum absolute atomic E-state index is 10.9. The maximum Gasteiger partial charge on any atom is 0.407 e. The molecule has 0 fully saturated rings. The van der Waals surface area contributed by atoms with Crippen molar-refractivity contribution in [1.82, 2.24) is 5.32 Å². The summed E-state index contributed by atoms with van der Waals surface area (Å²) >= 11 is 2.24. The Hall–Kier alpha value is -0.780. The second kappa shape index (κ2) is 5.85. The SMILES string of the molecule is CCOC(=O)NCc1ccc(I)cc1. The van der Waals surface area contributed by atoms with Gasteiger partial charge in [-0.25, -0.2) is 4.79 Å². The third-order valence-corrected chi connectivity index (χ3v) is 2.34. The molecule has 0 bridgehead atoms. The summed E-state index contributed by atoms with van der Waals surface area (Å²) in [5, 5.41) is 2.66. The summed E-state index contributed by atoms with van der Waals surface area (Å²) in [5.74, 6) is 0. The van der Waals surface area contributed by atoms with E-state index in [9.17, 15) is 4.79 Å². The largest absolute Gasteiger partial charge is 0.450 e. The molecule has 0 aliphatic rings. The van der Waals surface area contributed by atoms with Gasteiger partial charge < -0.3 is 10.1 Å². The van der Waals surface area contributed by atoms with Gasteiger partial charge in [0.2, 0.25) is 0 Å². The third kappa shape index (κ3) is 3.95. The van der Waals surface area contributed by atoms with Crippen molar-refractivity contribution in [2.45, 2.75) is 13.5 Å². The summed E-state index contributed by atoms with van der Waals surface area (Å²) < 4.78 is 5.92. The van der Waals surface area contributed by atoms with Crippen LogP contribution in [0, 0.1) is 3.57 Å². The number of amides is 1. The van der Waals surface area contributed by atoms with Crippen molar-refractivity contribution in [3.63, 3.8) is 0 Å². The van der Waals surface area contributed by atoms with Crippen LogP contribution >= 0.6 is 22.6 Å². The number of alkyl carbamates (subject to hydrolysis) is 1. The fourth-order valence-corrected chi connectivity index (χ4v) is 1.32. The van der Waals surface area contributed by atoms with Gasteiger partial charge in [-0.3, -0.25) is 0 Å². The van der Waals surface area contributed by atoms with Crippen LogP contribution in [0.1, 0.15) is 12.5 Å². The number of hydrogen-bond donors (Lipinski definition) is 1. The maximum atomic E-state index is 10.9. The number of ether oxygens (including phenoxy) is 1. The number of nitrogens with one attached hydrogen (secondary N) is 1. The first kappa shape index (κ1) is 11.3. The topological polar surface area (TPSA) is 38.3 Å². The molecule has 0 atom stereocenters. The third-order valence-electron chi connectivity index (χ3n) is 1.63. The van der Waals surface area contributed by atoms with Gasteiger partial charge in [0.15, 0.2) is 0 Å². The Balaban J connectivity index is 2.38. The van der Waals surface area contributed by atoms with E-state index in [2.05, 4.69) is 27.9 Å². The monoisotopic (exact) mass is 305 g/mol. The van der Waals surface area contributed by atoms with E-state index in [4.69, 9.17) is 4.74 Å². The quantitative estimate of drug-likeness (QED) is 0.872. The van der Waals surface area contributed by atoms with Crippen LogP contribution in [0.5, 0.6) is 0 Å². The molecule has 0 unspecified atom stereocenters. The molecule has 0 aliphatic carbocycles. The Morgan fingerprint density at radius 2 is 2.07 bits per heavy atom. The van der Waals surface area contributed by atoms with Gasteiger partial charge in [0, 0.05) is 10.1 Å². The number of carbonyl (C=O) groups is 1. The van der Waals surface area contributed by atoms with E-state index >= 15 is 0 Å². The second-order valence-corrected chi connectivity index (χ2v) is 3.95. The van der Waals surface area contributed by atoms with Gasteiger partial charge in [-0.1, -0.05) is 12.1 Å². The molecule has 76 valence electrons. The molecule has 14 heavy (non-hydrogen) atoms. The van der Waals surface area contributed by atoms with Gasteiger partial charge in [0.25, 0.3) is 0 Å². The molecule has 1 amide bonds. The lowest BCUT2D eigenvalue weighted by atomic mass is 10.2. The van der Waals surface area contributed by atoms with E-state index in [1.165, 1.54) is 3.57 Å². The molecule has 1 aromatic carbocycles. The highest BCUT2D eigenvalue weighted by molar-refractivity contribution is 14.1. The smallest absolute Gasteiger partial charge is 0.407 e. The summed E-state index contributed by atoms with van der Waals surface area (Å²) in [6, 6.07) is 7.97. The van der Waals surface area contributed by atoms with Crippen LogP contribution in [0.2, 0.25) is 0 Å². The Morgan fingerprint density at radius 1 is 1.43 bits per heavy atom. The van der Waals surface area contributed by atoms with Gasteiger partial charge in [-0.15, -0.1) is 0 Å². The Morgan fingerprint density at radius 3 is 2.64 bits per heavy atom. The molecule has 1 N–H and O–H groups in total. The van der Waals surface area contributed by atoms with Gasteiger partial charge in [0.05, 0.1) is 6.61 Å². The Kier molecular flexibility index (Phi) is 4.72. The molecule has 0 saturated carbocycles. The molecule has 3 nitrogen and oxygen atoms in total. The lowest BCUT2D eigenvalue weighted by Gasteiger charge is -2.04. The van der Waals surface area contributed by atoms with E-state index in [1.54, 1.807) is 6.92 Å². The lowest BCUT2D eigenvalue weighted by molar-refractivity contribution is 0.151. The van der Waals surface area contributed by atoms with E-state index < -0.39 is 0 Å². The van der Waals surface area contributed by atoms with Gasteiger partial charge >= 0.3 is 6.09 Å². The highest BCUT2D eigenvalue weighted by Gasteiger charge is 1.99. The first-order valence-corrected chi connectivity index (χ1v) is 5.45. The molecule has 4 heteroatoms. The van der Waals surface area contributed by atoms with Crippen molar-refractivity contribution in [3.8, 4) is 0 Å². The first-order chi connectivity index (χ1) is 6.72. The fourth-order valence-electron chi connectivity index (χ4n) is 0.959. The van der Waals surface area contributed by atoms with E-state index in [-0.39, 0.29) is 6.09 Å². The number of hydrogen-bond acceptors (Lipinski definition) is 2. The zero-order valence-electron chi connectivity index (χ0n) is 7.92. The standard InChI is InChI=1S/C10H12INO2/c1-2-14-10(13)12-7-8-3-5-9(11)6-4-8/h3-6H,2,7H2,1H3,(H,12,13). The first-order valence-electron chi connectivity index (χ1n) is 4.37. The second-order valence-electron chi connectivity index (χ2n) is 2.70. The van der Waals surface area contributed by atoms with Crippen molar-refractivity contribution in [3.05, 3.63) is 33.4 Å². The minimum absolute atomic E-state index is 0.369. The number of halogens is 1. The van der Waals surface area contributed by atoms with Crippen molar-refractivity contribution in [2.75, 3.05) is 6.61 Å². The predicted octanol–water partition coefficient (Wildman–Crippen LogP) is 2.54. The van der Waals surface area contributed by atoms with Crippen molar-refractivity contribution < 1.29 is 9.53 Å². The molecule has 1 aromatic rings. The summed E-state index contributed by atoms with van der Waals surface area (Å²) in [5.41, 5.74) is 1.07. The number of carbonyl (C=O) groups excluding carboxylic acids is 1. The molecule has 0 aliphatic heterocycles. The van der Waals surface area contributed by atoms with Crippen LogP contribution < -0.4 is 5.32 Å². The normalized spacial score (nSPS) is 9.57. The summed E-state index contributed by atoms with van der Waals surface area (Å²) in [4.78, 5) is 10.9. The lowest BCUT2D eigenvalue weighted by Crippen LogP contribution is -2.23. The number of rotatable bonds is 3. The average Bonchev–Trinajstić information content (AvgIpc) is 2.17. The zero-order valence-corrected chi connectivity index (χ0v) is 10.1. The van der Waals surface area contributed by atoms with Gasteiger partial charge in [0.1, 0.15) is 0 Å². The molecule has 0 saturated heterocycles. The summed E-state index contributed by atoms with van der Waals surface area (Å²) in [6.07, 6.45) is -0.369. The molecule has 0 spiro atoms. The summed E-state index contributed by atoms with van der Waals surface area (Å²) in [6.45, 7) is 2.69. The van der Waals surface area contributed by atoms with Crippen LogP contribution in [-0.2, 0) is 11.3 Å². The highest BCUT2D eigenvalue weighted by atomic mass is 127. The highest BCUT2D eigenvalue weighted by Crippen LogP contribution is 2.06. The van der Waals surface area contributed by atoms with Crippen LogP contribution in [0.15, 0.2) is 24.3 Å². The minimum Gasteiger partial charge on any atom is -0.450 e. The molecular formula is C10H12INO2. The van der Waals surface area contributed by atoms with E-state index in [0.29, 0.717) is 13.2 Å². The van der Waals surface area contributed by atoms with Gasteiger partial charge in [-0.05, 0) is 47.2 Å². The van der Waals surface area contributed by atoms with Crippen LogP contribution in [-0.4, -0.2) is 12.7 Å². The van der Waals surface area contributed by atoms with Crippen molar-refractivity contribution >= 4 is 28.7 Å². The molecule has 0 heterocycles. The van der Waals surface area contributed by atoms with E-state index in [0.717, 1.165) is 5.56 Å². The molecule has 0 radical (unpaired) electrons. The van der Waals surface area contributed by atoms with E-state index in [1.807, 2.05) is 24.3 Å². The number of benzene rings is 1. The molecule has 1 rings (SSSR count). The van der Waals surface area contributed by atoms with Crippen molar-refractivity contribution in [2.24, 2.45) is 0 Å². The van der Waals surface area contributed by atoms with Crippen molar-refractivity contribution in [1.29, 1.82) is 0 Å². The Bertz CT molecular complexity index is 297. The van der Waals surface area contributed by atoms with Crippen LogP contribution in [0.3, 0.4) is 0 Å². The molecular weight excluding hydrogens is 293 g/mol. The molecule has 0 aromatic heterocycles. The summed E-state index contributed by atoms with van der Waals surface area (Å²) in [7, 11) is 0. The fraction of sp³-hybridized carbons (Fsp3) is 0.300. The minimum atomic E-state index is -0.369. The Labute approximate surface area is 97.0 Å². The zero-order chi connectivity index (χ0) is 10.4.